The number of hydrogen-bond donors (Lipinski definition) is 1. The van der Waals surface area contributed by atoms with E-state index in [1.807, 2.05) is 26.1 Å². The molecule has 0 spiro atoms. The van der Waals surface area contributed by atoms with Crippen LogP contribution in [0, 0.1) is 0 Å². The van der Waals surface area contributed by atoms with E-state index in [4.69, 9.17) is 9.47 Å². The summed E-state index contributed by atoms with van der Waals surface area (Å²) in [5.41, 5.74) is 0. The molecule has 13 heavy (non-hydrogen) atoms. The van der Waals surface area contributed by atoms with E-state index in [1.165, 1.54) is 0 Å². The maximum atomic E-state index is 5.54. The van der Waals surface area contributed by atoms with Gasteiger partial charge in [0.25, 0.3) is 0 Å². The van der Waals surface area contributed by atoms with Gasteiger partial charge in [0.05, 0.1) is 23.1 Å². The molecule has 1 aromatic rings. The molecule has 1 aliphatic rings. The molecule has 0 aromatic carbocycles. The Morgan fingerprint density at radius 1 is 1.38 bits per heavy atom. The summed E-state index contributed by atoms with van der Waals surface area (Å²) < 4.78 is 11.1. The van der Waals surface area contributed by atoms with Gasteiger partial charge in [0, 0.05) is 7.05 Å². The second-order valence-corrected chi connectivity index (χ2v) is 4.14. The molecule has 0 amide bonds. The van der Waals surface area contributed by atoms with Crippen molar-refractivity contribution in [2.24, 2.45) is 0 Å². The van der Waals surface area contributed by atoms with Crippen LogP contribution in [-0.2, 0) is 15.3 Å². The van der Waals surface area contributed by atoms with E-state index in [-0.39, 0.29) is 0 Å². The van der Waals surface area contributed by atoms with Crippen molar-refractivity contribution in [3.05, 3.63) is 17.0 Å². The van der Waals surface area contributed by atoms with Crippen molar-refractivity contribution >= 4 is 16.3 Å². The SMILES string of the molecule is CNc1ccc(C2(C)OCCO2)s1. The van der Waals surface area contributed by atoms with Gasteiger partial charge in [-0.3, -0.25) is 0 Å². The molecule has 1 saturated heterocycles. The Bertz CT molecular complexity index is 292. The minimum Gasteiger partial charge on any atom is -0.380 e. The third-order valence-corrected chi connectivity index (χ3v) is 3.43. The van der Waals surface area contributed by atoms with Gasteiger partial charge in [-0.25, -0.2) is 0 Å². The summed E-state index contributed by atoms with van der Waals surface area (Å²) in [7, 11) is 1.91. The smallest absolute Gasteiger partial charge is 0.201 e. The Hall–Kier alpha value is -0.580. The van der Waals surface area contributed by atoms with Crippen LogP contribution in [0.2, 0.25) is 0 Å². The highest BCUT2D eigenvalue weighted by atomic mass is 32.1. The number of anilines is 1. The standard InChI is InChI=1S/C9H13NO2S/c1-9(11-5-6-12-9)7-3-4-8(10-2)13-7/h3-4,10H,5-6H2,1-2H3. The maximum absolute atomic E-state index is 5.54. The Balaban J connectivity index is 2.23. The molecule has 0 radical (unpaired) electrons. The van der Waals surface area contributed by atoms with Crippen LogP contribution in [0.25, 0.3) is 0 Å². The van der Waals surface area contributed by atoms with Crippen LogP contribution in [-0.4, -0.2) is 20.3 Å². The molecule has 0 bridgehead atoms. The minimum absolute atomic E-state index is 0.514. The highest BCUT2D eigenvalue weighted by Crippen LogP contribution is 2.36. The lowest BCUT2D eigenvalue weighted by Gasteiger charge is -2.20. The number of ether oxygens (including phenoxy) is 2. The van der Waals surface area contributed by atoms with Gasteiger partial charge in [-0.05, 0) is 19.1 Å². The molecule has 2 rings (SSSR count). The van der Waals surface area contributed by atoms with Crippen LogP contribution in [0.3, 0.4) is 0 Å². The van der Waals surface area contributed by atoms with Gasteiger partial charge in [-0.15, -0.1) is 11.3 Å². The molecule has 2 heterocycles. The maximum Gasteiger partial charge on any atom is 0.201 e. The fourth-order valence-electron chi connectivity index (χ4n) is 1.37. The van der Waals surface area contributed by atoms with Crippen LogP contribution in [0.1, 0.15) is 11.8 Å². The second-order valence-electron chi connectivity index (χ2n) is 3.06. The van der Waals surface area contributed by atoms with E-state index in [0.717, 1.165) is 9.88 Å². The van der Waals surface area contributed by atoms with Gasteiger partial charge >= 0.3 is 0 Å². The lowest BCUT2D eigenvalue weighted by atomic mass is 10.2. The Morgan fingerprint density at radius 2 is 2.08 bits per heavy atom. The third-order valence-electron chi connectivity index (χ3n) is 2.14. The summed E-state index contributed by atoms with van der Waals surface area (Å²) in [6, 6.07) is 4.08. The van der Waals surface area contributed by atoms with Gasteiger partial charge in [-0.2, -0.15) is 0 Å². The molecule has 1 aromatic heterocycles. The summed E-state index contributed by atoms with van der Waals surface area (Å²) in [5.74, 6) is -0.514. The zero-order valence-corrected chi connectivity index (χ0v) is 8.61. The van der Waals surface area contributed by atoms with Crippen molar-refractivity contribution in [3.8, 4) is 0 Å². The first-order valence-electron chi connectivity index (χ1n) is 4.30. The largest absolute Gasteiger partial charge is 0.380 e. The highest BCUT2D eigenvalue weighted by molar-refractivity contribution is 7.16. The molecule has 1 fully saturated rings. The molecular formula is C9H13NO2S. The zero-order valence-electron chi connectivity index (χ0n) is 7.79. The van der Waals surface area contributed by atoms with Gasteiger partial charge in [0.15, 0.2) is 0 Å². The summed E-state index contributed by atoms with van der Waals surface area (Å²) in [5, 5.41) is 4.23. The summed E-state index contributed by atoms with van der Waals surface area (Å²) in [4.78, 5) is 1.12. The van der Waals surface area contributed by atoms with Gasteiger partial charge < -0.3 is 14.8 Å². The monoisotopic (exact) mass is 199 g/mol. The fourth-order valence-corrected chi connectivity index (χ4v) is 2.29. The molecule has 1 aliphatic heterocycles. The number of hydrogen-bond acceptors (Lipinski definition) is 4. The van der Waals surface area contributed by atoms with Crippen LogP contribution in [0.5, 0.6) is 0 Å². The molecule has 3 nitrogen and oxygen atoms in total. The lowest BCUT2D eigenvalue weighted by molar-refractivity contribution is -0.146. The van der Waals surface area contributed by atoms with Crippen molar-refractivity contribution in [1.82, 2.24) is 0 Å². The summed E-state index contributed by atoms with van der Waals surface area (Å²) in [6.07, 6.45) is 0. The molecule has 0 saturated carbocycles. The number of rotatable bonds is 2. The average molecular weight is 199 g/mol. The summed E-state index contributed by atoms with van der Waals surface area (Å²) in [6.45, 7) is 3.33. The van der Waals surface area contributed by atoms with Crippen molar-refractivity contribution in [3.63, 3.8) is 0 Å². The molecule has 0 aliphatic carbocycles. The topological polar surface area (TPSA) is 30.5 Å². The Morgan fingerprint density at radius 3 is 2.62 bits per heavy atom. The van der Waals surface area contributed by atoms with E-state index >= 15 is 0 Å². The van der Waals surface area contributed by atoms with Gasteiger partial charge in [-0.1, -0.05) is 0 Å². The van der Waals surface area contributed by atoms with Crippen LogP contribution in [0.4, 0.5) is 5.00 Å². The summed E-state index contributed by atoms with van der Waals surface area (Å²) >= 11 is 1.67. The predicted octanol–water partition coefficient (Wildman–Crippen LogP) is 2.01. The average Bonchev–Trinajstić information content (AvgIpc) is 2.72. The molecular weight excluding hydrogens is 186 g/mol. The fraction of sp³-hybridized carbons (Fsp3) is 0.556. The van der Waals surface area contributed by atoms with Crippen LogP contribution < -0.4 is 5.32 Å². The van der Waals surface area contributed by atoms with E-state index in [1.54, 1.807) is 11.3 Å². The third kappa shape index (κ3) is 1.57. The minimum atomic E-state index is -0.514. The quantitative estimate of drug-likeness (QED) is 0.790. The van der Waals surface area contributed by atoms with Crippen molar-refractivity contribution < 1.29 is 9.47 Å². The van der Waals surface area contributed by atoms with Crippen molar-refractivity contribution in [2.45, 2.75) is 12.7 Å². The van der Waals surface area contributed by atoms with Crippen LogP contribution >= 0.6 is 11.3 Å². The number of thiophene rings is 1. The Kier molecular flexibility index (Phi) is 2.27. The lowest BCUT2D eigenvalue weighted by Crippen LogP contribution is -2.20. The molecule has 0 atom stereocenters. The molecule has 4 heteroatoms. The van der Waals surface area contributed by atoms with E-state index in [9.17, 15) is 0 Å². The van der Waals surface area contributed by atoms with E-state index < -0.39 is 5.79 Å². The zero-order chi connectivity index (χ0) is 9.31. The first-order valence-corrected chi connectivity index (χ1v) is 5.12. The van der Waals surface area contributed by atoms with Gasteiger partial charge in [0.1, 0.15) is 0 Å². The highest BCUT2D eigenvalue weighted by Gasteiger charge is 2.34. The second kappa shape index (κ2) is 3.29. The predicted molar refractivity (Wildman–Crippen MR) is 53.1 cm³/mol. The first-order chi connectivity index (χ1) is 6.24. The van der Waals surface area contributed by atoms with Crippen LogP contribution in [0.15, 0.2) is 12.1 Å². The molecule has 1 N–H and O–H groups in total. The van der Waals surface area contributed by atoms with Crippen molar-refractivity contribution in [1.29, 1.82) is 0 Å². The van der Waals surface area contributed by atoms with E-state index in [0.29, 0.717) is 13.2 Å². The molecule has 72 valence electrons. The van der Waals surface area contributed by atoms with Gasteiger partial charge in [0.2, 0.25) is 5.79 Å². The molecule has 0 unspecified atom stereocenters. The van der Waals surface area contributed by atoms with Crippen molar-refractivity contribution in [2.75, 3.05) is 25.6 Å². The normalized spacial score (nSPS) is 20.5. The number of nitrogens with one attached hydrogen (secondary N) is 1. The Labute approximate surface area is 81.7 Å². The first kappa shape index (κ1) is 8.99. The van der Waals surface area contributed by atoms with E-state index in [2.05, 4.69) is 5.32 Å².